The molecule has 6 aliphatic rings. The zero-order valence-corrected chi connectivity index (χ0v) is 45.9. The topological polar surface area (TPSA) is 326 Å². The lowest BCUT2D eigenvalue weighted by Gasteiger charge is -2.70. The smallest absolute Gasteiger partial charge is 0.408 e. The van der Waals surface area contributed by atoms with Crippen molar-refractivity contribution in [2.24, 2.45) is 39.1 Å². The highest BCUT2D eigenvalue weighted by atomic mass is 32.2. The average molecular weight is 1130 g/mol. The molecule has 5 fully saturated rings. The fraction of sp³-hybridized carbons (Fsp3) is 0.509. The number of ketones is 1. The molecule has 0 aromatic heterocycles. The van der Waals surface area contributed by atoms with Crippen molar-refractivity contribution in [1.29, 1.82) is 0 Å². The van der Waals surface area contributed by atoms with Gasteiger partial charge in [-0.25, -0.2) is 24.0 Å². The number of fused-ring (bicyclic) bond motifs is 3. The quantitative estimate of drug-likeness (QED) is 0.0528. The first-order valence-corrected chi connectivity index (χ1v) is 27.8. The molecule has 0 bridgehead atoms. The Morgan fingerprint density at radius 2 is 1.56 bits per heavy atom. The molecule has 9 rings (SSSR count). The zero-order chi connectivity index (χ0) is 58.1. The van der Waals surface area contributed by atoms with Crippen LogP contribution in [0.1, 0.15) is 113 Å². The monoisotopic (exact) mass is 1130 g/mol. The van der Waals surface area contributed by atoms with Crippen LogP contribution in [-0.2, 0) is 57.6 Å². The molecular weight excluding hydrogens is 1060 g/mol. The van der Waals surface area contributed by atoms with Crippen LogP contribution in [0.15, 0.2) is 106 Å². The highest BCUT2D eigenvalue weighted by Gasteiger charge is 2.82. The lowest BCUT2D eigenvalue weighted by Crippen LogP contribution is -2.81. The van der Waals surface area contributed by atoms with Gasteiger partial charge in [0.2, 0.25) is 6.10 Å². The first kappa shape index (κ1) is 57.6. The number of sulfonamides is 1. The number of hydrogen-bond acceptors (Lipinski definition) is 19. The van der Waals surface area contributed by atoms with Gasteiger partial charge < -0.3 is 54.2 Å². The number of aromatic carboxylic acids is 1. The van der Waals surface area contributed by atoms with Crippen LogP contribution < -0.4 is 10.1 Å². The molecule has 3 aromatic rings. The van der Waals surface area contributed by atoms with Crippen LogP contribution >= 0.6 is 0 Å². The van der Waals surface area contributed by atoms with E-state index in [2.05, 4.69) is 15.2 Å². The molecule has 5 aliphatic carbocycles. The number of amides is 1. The van der Waals surface area contributed by atoms with Crippen molar-refractivity contribution in [3.63, 3.8) is 0 Å². The summed E-state index contributed by atoms with van der Waals surface area (Å²) >= 11 is 0. The number of hydrogen-bond donors (Lipinski definition) is 6. The highest BCUT2D eigenvalue weighted by Crippen LogP contribution is 2.73. The second-order valence-electron chi connectivity index (χ2n) is 23.1. The summed E-state index contributed by atoms with van der Waals surface area (Å²) in [5.74, 6) is -9.22. The summed E-state index contributed by atoms with van der Waals surface area (Å²) < 4.78 is 62.4. The Morgan fingerprint density at radius 1 is 0.912 bits per heavy atom. The zero-order valence-electron chi connectivity index (χ0n) is 45.1. The van der Waals surface area contributed by atoms with Gasteiger partial charge in [-0.15, -0.1) is 0 Å². The molecule has 1 aliphatic heterocycles. The number of aliphatic hydroxyl groups excluding tert-OH is 2. The minimum absolute atomic E-state index is 0.0570. The summed E-state index contributed by atoms with van der Waals surface area (Å²) in [7, 11) is -4.28. The van der Waals surface area contributed by atoms with E-state index in [1.165, 1.54) is 32.9 Å². The molecule has 1 heterocycles. The third-order valence-electron chi connectivity index (χ3n) is 17.3. The van der Waals surface area contributed by atoms with Crippen molar-refractivity contribution in [1.82, 2.24) is 10.1 Å². The number of rotatable bonds is 15. The van der Waals surface area contributed by atoms with Crippen LogP contribution in [0.4, 0.5) is 4.79 Å². The predicted molar refractivity (Wildman–Crippen MR) is 278 cm³/mol. The first-order valence-electron chi connectivity index (χ1n) is 26.3. The molecule has 3 aromatic carbocycles. The van der Waals surface area contributed by atoms with Crippen molar-refractivity contribution in [2.75, 3.05) is 13.2 Å². The van der Waals surface area contributed by atoms with Crippen LogP contribution in [0.5, 0.6) is 0 Å². The second-order valence-corrected chi connectivity index (χ2v) is 24.8. The third-order valence-corrected chi connectivity index (χ3v) is 18.6. The lowest BCUT2D eigenvalue weighted by atomic mass is 9.38. The molecule has 14 atom stereocenters. The van der Waals surface area contributed by atoms with Crippen molar-refractivity contribution in [3.8, 4) is 0 Å². The minimum Gasteiger partial charge on any atom is -0.478 e. The molecule has 0 spiro atoms. The molecule has 3 unspecified atom stereocenters. The lowest BCUT2D eigenvalue weighted by molar-refractivity contribution is -0.342. The van der Waals surface area contributed by atoms with E-state index < -0.39 is 140 Å². The Bertz CT molecular complexity index is 3160. The minimum atomic E-state index is -4.28. The van der Waals surface area contributed by atoms with E-state index in [-0.39, 0.29) is 83.8 Å². The van der Waals surface area contributed by atoms with Crippen LogP contribution in [0.25, 0.3) is 0 Å². The van der Waals surface area contributed by atoms with Gasteiger partial charge in [0.25, 0.3) is 10.0 Å². The van der Waals surface area contributed by atoms with Crippen LogP contribution in [0.2, 0.25) is 0 Å². The van der Waals surface area contributed by atoms with E-state index in [4.69, 9.17) is 28.4 Å². The highest BCUT2D eigenvalue weighted by molar-refractivity contribution is 7.89. The van der Waals surface area contributed by atoms with Gasteiger partial charge in [-0.2, -0.15) is 13.5 Å². The molecule has 1 saturated heterocycles. The maximum absolute atomic E-state index is 15.4. The average Bonchev–Trinajstić information content (AvgIpc) is 3.22. The summed E-state index contributed by atoms with van der Waals surface area (Å²) in [5.41, 5.74) is -7.80. The largest absolute Gasteiger partial charge is 0.478 e. The number of carboxylic acid groups (broad SMARTS) is 1. The number of Topliss-reactive ketones (excluding diaryl/α,β-unsaturated/α-hetero) is 1. The Balaban J connectivity index is 1.07. The van der Waals surface area contributed by atoms with Gasteiger partial charge in [0.05, 0.1) is 51.6 Å². The SMILES string of the molecule is CC(=O)OCC12CO[C@H]1C[C@@H](O)[C@]1(C)C(=O)[C@@H](O)C3=C(C)[C@H](OC(=O)[C@@H](OC(=O)C4CC/C(=N\NS(=O)(=O)c5ccc(C(=O)O)cc5)C4)C(NC(=O)OC(C)(C)C)c4ccccc4)[C@H]4C[C@](O)([C@H](OC(=O)c5ccccc5)[C@@H]21)[C@]34C. The molecule has 1 amide bonds. The summed E-state index contributed by atoms with van der Waals surface area (Å²) in [5, 5.41) is 54.3. The maximum atomic E-state index is 15.4. The van der Waals surface area contributed by atoms with Gasteiger partial charge in [-0.05, 0) is 107 Å². The Morgan fingerprint density at radius 3 is 2.16 bits per heavy atom. The Labute approximate surface area is 461 Å². The molecule has 4 saturated carbocycles. The van der Waals surface area contributed by atoms with Gasteiger partial charge >= 0.3 is 35.9 Å². The van der Waals surface area contributed by atoms with Crippen LogP contribution in [-0.4, -0.2) is 137 Å². The van der Waals surface area contributed by atoms with E-state index in [0.717, 1.165) is 24.3 Å². The maximum Gasteiger partial charge on any atom is 0.408 e. The molecule has 0 radical (unpaired) electrons. The van der Waals surface area contributed by atoms with Gasteiger partial charge in [-0.1, -0.05) is 55.5 Å². The third kappa shape index (κ3) is 9.93. The predicted octanol–water partition coefficient (Wildman–Crippen LogP) is 4.50. The summed E-state index contributed by atoms with van der Waals surface area (Å²) in [6, 6.07) is 18.9. The number of carbonyl (C=O) groups is 7. The molecule has 80 heavy (non-hydrogen) atoms. The van der Waals surface area contributed by atoms with Gasteiger partial charge in [-0.3, -0.25) is 14.4 Å². The first-order chi connectivity index (χ1) is 37.6. The van der Waals surface area contributed by atoms with E-state index in [1.807, 2.05) is 0 Å². The number of ether oxygens (including phenoxy) is 6. The molecule has 22 nitrogen and oxygen atoms in total. The Hall–Kier alpha value is -7.05. The molecular formula is C57H65N3O19S. The number of aliphatic hydroxyl groups is 3. The second kappa shape index (κ2) is 21.1. The van der Waals surface area contributed by atoms with Crippen LogP contribution in [0.3, 0.4) is 0 Å². The molecule has 23 heteroatoms. The molecule has 428 valence electrons. The van der Waals surface area contributed by atoms with Crippen molar-refractivity contribution in [2.45, 2.75) is 139 Å². The summed E-state index contributed by atoms with van der Waals surface area (Å²) in [4.78, 5) is 98.9. The number of nitrogens with one attached hydrogen (secondary N) is 2. The van der Waals surface area contributed by atoms with Crippen molar-refractivity contribution in [3.05, 3.63) is 113 Å². The normalized spacial score (nSPS) is 32.6. The molecule has 6 N–H and O–H groups in total. The number of alkyl carbamates (subject to hydrolysis) is 1. The fourth-order valence-electron chi connectivity index (χ4n) is 13.2. The number of nitrogens with zero attached hydrogens (tertiary/aromatic N) is 1. The van der Waals surface area contributed by atoms with Gasteiger partial charge in [0.1, 0.15) is 42.2 Å². The standard InChI is InChI=1S/C57H65N3O19S/c1-29-40-42(63)46(64)54(6)38(62)25-39-56(28-75-39,27-74-30(2)61)45(54)47(78-49(67)33-16-12-9-13-17-33)57(71)26-37(55(40,57)7)43(29)76-51(69)44(41(31-14-10-8-11-15-31)58-52(70)79-53(3,4)5)77-50(68)34-18-21-35(24-34)59-60-80(72,73)36-22-19-32(20-23-36)48(65)66/h8-17,19-20,22-23,34,37-39,41-45,47,60,62-63,71H,18,21,24-28H2,1-7H3,(H,58,70)(H,65,66)/b59-35+/t34?,37-,38-,39+,41?,42+,43+,44+,45-,47-,54+,55+,56?,57+/m1/s1. The fourth-order valence-corrected chi connectivity index (χ4v) is 14.0. The number of esters is 4. The van der Waals surface area contributed by atoms with Crippen molar-refractivity contribution >= 4 is 57.5 Å². The van der Waals surface area contributed by atoms with E-state index in [0.29, 0.717) is 0 Å². The number of hydrazone groups is 1. The summed E-state index contributed by atoms with van der Waals surface area (Å²) in [6.07, 6.45) is -10.9. The van der Waals surface area contributed by atoms with Gasteiger partial charge in [0, 0.05) is 42.7 Å². The number of carbonyl (C=O) groups excluding carboxylic acids is 6. The van der Waals surface area contributed by atoms with E-state index in [1.54, 1.807) is 76.2 Å². The Kier molecular flexibility index (Phi) is 15.2. The van der Waals surface area contributed by atoms with Crippen molar-refractivity contribution < 1.29 is 90.8 Å². The number of benzene rings is 3. The van der Waals surface area contributed by atoms with E-state index in [9.17, 15) is 52.8 Å². The van der Waals surface area contributed by atoms with E-state index >= 15 is 9.59 Å². The number of carboxylic acids is 1. The van der Waals surface area contributed by atoms with Gasteiger partial charge in [0.15, 0.2) is 5.78 Å². The van der Waals surface area contributed by atoms with Crippen LogP contribution in [0, 0.1) is 34.0 Å². The summed E-state index contributed by atoms with van der Waals surface area (Å²) in [6.45, 7) is 10.0.